The van der Waals surface area contributed by atoms with Crippen molar-refractivity contribution in [3.63, 3.8) is 0 Å². The molecule has 2 aliphatic rings. The van der Waals surface area contributed by atoms with Crippen LogP contribution in [0.15, 0.2) is 48.5 Å². The fourth-order valence-corrected chi connectivity index (χ4v) is 4.38. The van der Waals surface area contributed by atoms with Crippen molar-refractivity contribution in [1.82, 2.24) is 4.90 Å². The van der Waals surface area contributed by atoms with Gasteiger partial charge in [-0.15, -0.1) is 0 Å². The summed E-state index contributed by atoms with van der Waals surface area (Å²) in [6.07, 6.45) is 3.08. The number of likely N-dealkylation sites (tertiary alicyclic amines) is 1. The maximum atomic E-state index is 13.3. The fraction of sp³-hybridized carbons (Fsp3) is 0.440. The van der Waals surface area contributed by atoms with Crippen LogP contribution in [0.2, 0.25) is 0 Å². The number of aryl methyl sites for hydroxylation is 1. The number of urea groups is 1. The van der Waals surface area contributed by atoms with E-state index in [1.165, 1.54) is 0 Å². The number of piperidine rings is 1. The number of rotatable bonds is 4. The van der Waals surface area contributed by atoms with Gasteiger partial charge in [-0.25, -0.2) is 4.79 Å². The highest BCUT2D eigenvalue weighted by molar-refractivity contribution is 5.95. The number of fused-ring (bicyclic) bond motifs is 1. The summed E-state index contributed by atoms with van der Waals surface area (Å²) >= 11 is 0. The van der Waals surface area contributed by atoms with Crippen LogP contribution in [0.3, 0.4) is 0 Å². The molecule has 164 valence electrons. The Morgan fingerprint density at radius 3 is 2.48 bits per heavy atom. The van der Waals surface area contributed by atoms with E-state index < -0.39 is 0 Å². The summed E-state index contributed by atoms with van der Waals surface area (Å²) in [5.74, 6) is 0.739. The molecule has 2 aromatic rings. The number of anilines is 2. The number of carbonyl (C=O) groups is 2. The van der Waals surface area contributed by atoms with Crippen LogP contribution < -0.4 is 15.0 Å². The smallest absolute Gasteiger partial charge is 0.324 e. The van der Waals surface area contributed by atoms with E-state index in [-0.39, 0.29) is 24.0 Å². The lowest BCUT2D eigenvalue weighted by Gasteiger charge is -2.39. The van der Waals surface area contributed by atoms with E-state index in [0.717, 1.165) is 35.5 Å². The van der Waals surface area contributed by atoms with E-state index in [9.17, 15) is 9.59 Å². The van der Waals surface area contributed by atoms with Crippen molar-refractivity contribution in [3.05, 3.63) is 54.1 Å². The van der Waals surface area contributed by atoms with Gasteiger partial charge < -0.3 is 15.0 Å². The highest BCUT2D eigenvalue weighted by Crippen LogP contribution is 2.35. The summed E-state index contributed by atoms with van der Waals surface area (Å²) in [5.41, 5.74) is 2.86. The van der Waals surface area contributed by atoms with Crippen LogP contribution in [-0.2, 0) is 11.2 Å². The Morgan fingerprint density at radius 1 is 1.03 bits per heavy atom. The first-order chi connectivity index (χ1) is 15.1. The number of hydrogen-bond donors (Lipinski definition) is 1. The fourth-order valence-electron chi connectivity index (χ4n) is 4.38. The Balaban J connectivity index is 1.38. The van der Waals surface area contributed by atoms with Gasteiger partial charge in [-0.3, -0.25) is 9.69 Å². The number of benzene rings is 2. The molecule has 1 N–H and O–H groups in total. The summed E-state index contributed by atoms with van der Waals surface area (Å²) in [4.78, 5) is 29.9. The third-order valence-corrected chi connectivity index (χ3v) is 6.31. The summed E-state index contributed by atoms with van der Waals surface area (Å²) in [6.45, 7) is 5.88. The van der Waals surface area contributed by atoms with Crippen LogP contribution in [0.5, 0.6) is 5.75 Å². The Bertz CT molecular complexity index is 937. The number of nitrogens with zero attached hydrogens (tertiary/aromatic N) is 2. The van der Waals surface area contributed by atoms with Gasteiger partial charge in [0.2, 0.25) is 5.91 Å². The van der Waals surface area contributed by atoms with E-state index >= 15 is 0 Å². The SMILES string of the molecule is CCc1ccccc1NC(=O)C1CCN(C(=O)N2CC(CC)Oc3ccccc32)CC1. The quantitative estimate of drug-likeness (QED) is 0.779. The highest BCUT2D eigenvalue weighted by Gasteiger charge is 2.34. The maximum absolute atomic E-state index is 13.3. The van der Waals surface area contributed by atoms with Gasteiger partial charge in [0.15, 0.2) is 0 Å². The summed E-state index contributed by atoms with van der Waals surface area (Å²) in [6, 6.07) is 15.7. The average Bonchev–Trinajstić information content (AvgIpc) is 2.83. The van der Waals surface area contributed by atoms with Gasteiger partial charge in [0.05, 0.1) is 12.2 Å². The van der Waals surface area contributed by atoms with Crippen molar-refractivity contribution in [1.29, 1.82) is 0 Å². The molecule has 31 heavy (non-hydrogen) atoms. The first kappa shape index (κ1) is 21.2. The molecule has 2 aliphatic heterocycles. The highest BCUT2D eigenvalue weighted by atomic mass is 16.5. The Kier molecular flexibility index (Phi) is 6.44. The molecule has 0 spiro atoms. The molecule has 6 nitrogen and oxygen atoms in total. The first-order valence-corrected chi connectivity index (χ1v) is 11.3. The number of ether oxygens (including phenoxy) is 1. The van der Waals surface area contributed by atoms with Gasteiger partial charge in [-0.2, -0.15) is 0 Å². The predicted octanol–water partition coefficient (Wildman–Crippen LogP) is 4.70. The average molecular weight is 422 g/mol. The maximum Gasteiger partial charge on any atom is 0.324 e. The van der Waals surface area contributed by atoms with E-state index in [1.54, 1.807) is 0 Å². The van der Waals surface area contributed by atoms with Crippen molar-refractivity contribution in [2.45, 2.75) is 45.6 Å². The second kappa shape index (κ2) is 9.41. The van der Waals surface area contributed by atoms with Crippen LogP contribution in [0, 0.1) is 5.92 Å². The third-order valence-electron chi connectivity index (χ3n) is 6.31. The Hall–Kier alpha value is -3.02. The summed E-state index contributed by atoms with van der Waals surface area (Å²) < 4.78 is 6.01. The van der Waals surface area contributed by atoms with Gasteiger partial charge in [0, 0.05) is 24.7 Å². The topological polar surface area (TPSA) is 61.9 Å². The lowest BCUT2D eigenvalue weighted by molar-refractivity contribution is -0.121. The molecule has 0 aliphatic carbocycles. The molecule has 1 atom stereocenters. The molecule has 2 aromatic carbocycles. The number of nitrogens with one attached hydrogen (secondary N) is 1. The molecule has 0 radical (unpaired) electrons. The first-order valence-electron chi connectivity index (χ1n) is 11.3. The van der Waals surface area contributed by atoms with Crippen LogP contribution in [0.25, 0.3) is 0 Å². The van der Waals surface area contributed by atoms with Gasteiger partial charge in [-0.05, 0) is 49.4 Å². The molecule has 1 unspecified atom stereocenters. The molecule has 2 heterocycles. The second-order valence-electron chi connectivity index (χ2n) is 8.27. The standard InChI is InChI=1S/C25H31N3O3/c1-3-18-9-5-6-10-21(18)26-24(29)19-13-15-27(16-14-19)25(30)28-17-20(4-2)31-23-12-8-7-11-22(23)28/h5-12,19-20H,3-4,13-17H2,1-2H3,(H,26,29). The lowest BCUT2D eigenvalue weighted by Crippen LogP contribution is -2.52. The van der Waals surface area contributed by atoms with Crippen LogP contribution in [0.4, 0.5) is 16.2 Å². The number of hydrogen-bond acceptors (Lipinski definition) is 3. The van der Waals surface area contributed by atoms with Gasteiger partial charge >= 0.3 is 6.03 Å². The second-order valence-corrected chi connectivity index (χ2v) is 8.27. The molecule has 1 fully saturated rings. The van der Waals surface area contributed by atoms with Crippen LogP contribution in [-0.4, -0.2) is 42.6 Å². The number of para-hydroxylation sites is 3. The molecule has 0 saturated carbocycles. The Labute approximate surface area is 184 Å². The summed E-state index contributed by atoms with van der Waals surface area (Å²) in [5, 5.41) is 3.10. The minimum absolute atomic E-state index is 0.000741. The van der Waals surface area contributed by atoms with Crippen molar-refractivity contribution in [2.24, 2.45) is 5.92 Å². The number of amides is 3. The minimum Gasteiger partial charge on any atom is -0.486 e. The molecule has 3 amide bonds. The van der Waals surface area contributed by atoms with Crippen molar-refractivity contribution < 1.29 is 14.3 Å². The third kappa shape index (κ3) is 4.53. The van der Waals surface area contributed by atoms with Gasteiger partial charge in [0.25, 0.3) is 0 Å². The minimum atomic E-state index is -0.0747. The summed E-state index contributed by atoms with van der Waals surface area (Å²) in [7, 11) is 0. The van der Waals surface area contributed by atoms with Crippen LogP contribution in [0.1, 0.15) is 38.7 Å². The van der Waals surface area contributed by atoms with Crippen molar-refractivity contribution >= 4 is 23.3 Å². The zero-order chi connectivity index (χ0) is 21.8. The van der Waals surface area contributed by atoms with E-state index in [4.69, 9.17) is 4.74 Å². The lowest BCUT2D eigenvalue weighted by atomic mass is 9.95. The van der Waals surface area contributed by atoms with E-state index in [0.29, 0.717) is 32.5 Å². The Morgan fingerprint density at radius 2 is 1.74 bits per heavy atom. The molecular weight excluding hydrogens is 390 g/mol. The molecule has 0 bridgehead atoms. The predicted molar refractivity (Wildman–Crippen MR) is 123 cm³/mol. The monoisotopic (exact) mass is 421 g/mol. The van der Waals surface area contributed by atoms with Crippen LogP contribution >= 0.6 is 0 Å². The largest absolute Gasteiger partial charge is 0.486 e. The number of carbonyl (C=O) groups excluding carboxylic acids is 2. The van der Waals surface area contributed by atoms with Gasteiger partial charge in [0.1, 0.15) is 11.9 Å². The van der Waals surface area contributed by atoms with Crippen molar-refractivity contribution in [2.75, 3.05) is 29.9 Å². The van der Waals surface area contributed by atoms with E-state index in [2.05, 4.69) is 19.2 Å². The normalized spacial score (nSPS) is 18.8. The van der Waals surface area contributed by atoms with E-state index in [1.807, 2.05) is 58.3 Å². The molecule has 1 saturated heterocycles. The zero-order valence-corrected chi connectivity index (χ0v) is 18.3. The zero-order valence-electron chi connectivity index (χ0n) is 18.3. The molecule has 0 aromatic heterocycles. The van der Waals surface area contributed by atoms with Gasteiger partial charge in [-0.1, -0.05) is 44.2 Å². The molecular formula is C25H31N3O3. The van der Waals surface area contributed by atoms with Crippen molar-refractivity contribution in [3.8, 4) is 5.75 Å². The molecule has 6 heteroatoms. The molecule has 4 rings (SSSR count).